The van der Waals surface area contributed by atoms with Crippen molar-refractivity contribution in [3.8, 4) is 0 Å². The summed E-state index contributed by atoms with van der Waals surface area (Å²) in [5, 5.41) is 7.65. The second-order valence-electron chi connectivity index (χ2n) is 6.64. The van der Waals surface area contributed by atoms with Gasteiger partial charge in [-0.15, -0.1) is 0 Å². The third-order valence-electron chi connectivity index (χ3n) is 4.63. The first-order chi connectivity index (χ1) is 13.6. The van der Waals surface area contributed by atoms with E-state index >= 15 is 0 Å². The number of aryl methyl sites for hydroxylation is 1. The second kappa shape index (κ2) is 7.90. The van der Waals surface area contributed by atoms with Gasteiger partial charge in [-0.2, -0.15) is 0 Å². The Labute approximate surface area is 167 Å². The fraction of sp³-hybridized carbons (Fsp3) is 0.250. The molecule has 4 rings (SSSR count). The maximum Gasteiger partial charge on any atom is 0.254 e. The zero-order valence-corrected chi connectivity index (χ0v) is 16.2. The summed E-state index contributed by atoms with van der Waals surface area (Å²) in [5.41, 5.74) is 1.67. The summed E-state index contributed by atoms with van der Waals surface area (Å²) < 4.78 is 5.04. The number of aromatic nitrogens is 2. The van der Waals surface area contributed by atoms with Gasteiger partial charge in [-0.1, -0.05) is 22.8 Å². The van der Waals surface area contributed by atoms with Crippen LogP contribution in [0.25, 0.3) is 0 Å². The van der Waals surface area contributed by atoms with Crippen LogP contribution in [-0.4, -0.2) is 47.1 Å². The Kier molecular flexibility index (Phi) is 5.16. The highest BCUT2D eigenvalue weighted by molar-refractivity contribution is 6.30. The van der Waals surface area contributed by atoms with Gasteiger partial charge in [0.15, 0.2) is 5.82 Å². The van der Waals surface area contributed by atoms with E-state index in [2.05, 4.69) is 20.4 Å². The fourth-order valence-electron chi connectivity index (χ4n) is 3.21. The molecule has 1 aliphatic rings. The van der Waals surface area contributed by atoms with Crippen LogP contribution in [0.15, 0.2) is 53.2 Å². The number of carbonyl (C=O) groups excluding carboxylic acids is 1. The number of rotatable bonds is 4. The highest BCUT2D eigenvalue weighted by Gasteiger charge is 2.22. The first-order valence-corrected chi connectivity index (χ1v) is 9.42. The van der Waals surface area contributed by atoms with Crippen molar-refractivity contribution in [1.82, 2.24) is 15.0 Å². The normalized spacial score (nSPS) is 14.2. The van der Waals surface area contributed by atoms with Crippen LogP contribution in [0.2, 0.25) is 5.02 Å². The number of amides is 1. The van der Waals surface area contributed by atoms with E-state index in [1.165, 1.54) is 0 Å². The minimum absolute atomic E-state index is 0.00692. The number of nitrogens with one attached hydrogen (secondary N) is 1. The van der Waals surface area contributed by atoms with Gasteiger partial charge < -0.3 is 19.6 Å². The Morgan fingerprint density at radius 3 is 2.64 bits per heavy atom. The average Bonchev–Trinajstić information content (AvgIpc) is 3.12. The molecule has 3 heterocycles. The van der Waals surface area contributed by atoms with Gasteiger partial charge in [-0.05, 0) is 37.3 Å². The lowest BCUT2D eigenvalue weighted by molar-refractivity contribution is 0.0746. The first-order valence-electron chi connectivity index (χ1n) is 9.05. The number of piperazine rings is 1. The number of hydrogen-bond acceptors (Lipinski definition) is 6. The molecule has 7 nitrogen and oxygen atoms in total. The lowest BCUT2D eigenvalue weighted by Gasteiger charge is -2.36. The number of carbonyl (C=O) groups is 1. The van der Waals surface area contributed by atoms with Crippen molar-refractivity contribution in [2.45, 2.75) is 6.92 Å². The zero-order valence-electron chi connectivity index (χ0n) is 15.4. The van der Waals surface area contributed by atoms with Crippen LogP contribution in [0.3, 0.4) is 0 Å². The third kappa shape index (κ3) is 4.09. The van der Waals surface area contributed by atoms with Gasteiger partial charge in [-0.25, -0.2) is 4.98 Å². The molecule has 1 aliphatic heterocycles. The molecule has 3 aromatic rings. The van der Waals surface area contributed by atoms with E-state index in [-0.39, 0.29) is 5.91 Å². The molecule has 8 heteroatoms. The van der Waals surface area contributed by atoms with Gasteiger partial charge in [0.2, 0.25) is 0 Å². The highest BCUT2D eigenvalue weighted by Crippen LogP contribution is 2.22. The van der Waals surface area contributed by atoms with Crippen molar-refractivity contribution >= 4 is 34.8 Å². The average molecular weight is 398 g/mol. The van der Waals surface area contributed by atoms with Crippen molar-refractivity contribution in [1.29, 1.82) is 0 Å². The molecule has 28 heavy (non-hydrogen) atoms. The first kappa shape index (κ1) is 18.3. The Morgan fingerprint density at radius 1 is 1.11 bits per heavy atom. The van der Waals surface area contributed by atoms with Crippen LogP contribution < -0.4 is 10.2 Å². The molecule has 0 atom stereocenters. The summed E-state index contributed by atoms with van der Waals surface area (Å²) in [5.74, 6) is 1.81. The van der Waals surface area contributed by atoms with Crippen molar-refractivity contribution in [2.75, 3.05) is 36.4 Å². The van der Waals surface area contributed by atoms with Crippen molar-refractivity contribution in [3.63, 3.8) is 0 Å². The Morgan fingerprint density at radius 2 is 1.93 bits per heavy atom. The molecule has 1 saturated heterocycles. The van der Waals surface area contributed by atoms with Crippen LogP contribution in [0, 0.1) is 6.92 Å². The number of pyridine rings is 1. The molecular weight excluding hydrogens is 378 g/mol. The van der Waals surface area contributed by atoms with Gasteiger partial charge in [0.1, 0.15) is 11.6 Å². The molecule has 0 spiro atoms. The molecule has 0 saturated carbocycles. The van der Waals surface area contributed by atoms with E-state index in [9.17, 15) is 4.79 Å². The number of benzene rings is 1. The molecule has 1 N–H and O–H groups in total. The molecule has 1 fully saturated rings. The SMILES string of the molecule is Cc1cc(Nc2cc(C(=O)N3CCN(c4cccc(Cl)c4)CC3)ccn2)no1. The van der Waals surface area contributed by atoms with E-state index in [1.807, 2.05) is 36.1 Å². The van der Waals surface area contributed by atoms with Gasteiger partial charge in [0, 0.05) is 54.7 Å². The van der Waals surface area contributed by atoms with E-state index in [0.29, 0.717) is 36.0 Å². The molecule has 144 valence electrons. The zero-order chi connectivity index (χ0) is 19.5. The largest absolute Gasteiger partial charge is 0.368 e. The quantitative estimate of drug-likeness (QED) is 0.722. The number of nitrogens with zero attached hydrogens (tertiary/aromatic N) is 4. The molecule has 1 amide bonds. The number of hydrogen-bond donors (Lipinski definition) is 1. The minimum atomic E-state index is -0.00692. The van der Waals surface area contributed by atoms with Gasteiger partial charge in [-0.3, -0.25) is 4.79 Å². The van der Waals surface area contributed by atoms with Gasteiger partial charge in [0.25, 0.3) is 5.91 Å². The van der Waals surface area contributed by atoms with Crippen molar-refractivity contribution < 1.29 is 9.32 Å². The maximum absolute atomic E-state index is 12.9. The van der Waals surface area contributed by atoms with Gasteiger partial charge in [0.05, 0.1) is 0 Å². The standard InChI is InChI=1S/C20H20ClN5O2/c1-14-11-19(24-28-14)23-18-12-15(5-6-22-18)20(27)26-9-7-25(8-10-26)17-4-2-3-16(21)13-17/h2-6,11-13H,7-10H2,1H3,(H,22,23,24). The highest BCUT2D eigenvalue weighted by atomic mass is 35.5. The predicted molar refractivity (Wildman–Crippen MR) is 108 cm³/mol. The van der Waals surface area contributed by atoms with Crippen LogP contribution in [0.5, 0.6) is 0 Å². The molecule has 0 radical (unpaired) electrons. The lowest BCUT2D eigenvalue weighted by atomic mass is 10.2. The van der Waals surface area contributed by atoms with Crippen LogP contribution in [-0.2, 0) is 0 Å². The van der Waals surface area contributed by atoms with Crippen LogP contribution in [0.4, 0.5) is 17.3 Å². The fourth-order valence-corrected chi connectivity index (χ4v) is 3.40. The van der Waals surface area contributed by atoms with E-state index < -0.39 is 0 Å². The van der Waals surface area contributed by atoms with Crippen LogP contribution >= 0.6 is 11.6 Å². The molecule has 2 aromatic heterocycles. The van der Waals surface area contributed by atoms with Crippen molar-refractivity contribution in [2.24, 2.45) is 0 Å². The molecule has 1 aromatic carbocycles. The van der Waals surface area contributed by atoms with E-state index in [0.717, 1.165) is 23.8 Å². The smallest absolute Gasteiger partial charge is 0.254 e. The summed E-state index contributed by atoms with van der Waals surface area (Å²) >= 11 is 6.08. The summed E-state index contributed by atoms with van der Waals surface area (Å²) in [6, 6.07) is 13.0. The molecule has 0 unspecified atom stereocenters. The Balaban J connectivity index is 1.40. The number of halogens is 1. The Hall–Kier alpha value is -3.06. The number of anilines is 3. The second-order valence-corrected chi connectivity index (χ2v) is 7.07. The monoisotopic (exact) mass is 397 g/mol. The predicted octanol–water partition coefficient (Wildman–Crippen LogP) is 3.74. The Bertz CT molecular complexity index is 982. The van der Waals surface area contributed by atoms with E-state index in [4.69, 9.17) is 16.1 Å². The minimum Gasteiger partial charge on any atom is -0.368 e. The van der Waals surface area contributed by atoms with Crippen molar-refractivity contribution in [3.05, 3.63) is 65.0 Å². The summed E-state index contributed by atoms with van der Waals surface area (Å²) in [4.78, 5) is 21.2. The molecule has 0 aliphatic carbocycles. The maximum atomic E-state index is 12.9. The third-order valence-corrected chi connectivity index (χ3v) is 4.87. The molecule has 0 bridgehead atoms. The van der Waals surface area contributed by atoms with E-state index in [1.54, 1.807) is 24.4 Å². The summed E-state index contributed by atoms with van der Waals surface area (Å²) in [6.07, 6.45) is 1.62. The molecular formula is C20H20ClN5O2. The topological polar surface area (TPSA) is 74.5 Å². The van der Waals surface area contributed by atoms with Crippen LogP contribution in [0.1, 0.15) is 16.1 Å². The lowest BCUT2D eigenvalue weighted by Crippen LogP contribution is -2.48. The summed E-state index contributed by atoms with van der Waals surface area (Å²) in [6.45, 7) is 4.65. The van der Waals surface area contributed by atoms with Gasteiger partial charge >= 0.3 is 0 Å². The summed E-state index contributed by atoms with van der Waals surface area (Å²) in [7, 11) is 0.